The third kappa shape index (κ3) is 1.80. The topological polar surface area (TPSA) is 59.3 Å². The van der Waals surface area contributed by atoms with E-state index in [1.807, 2.05) is 22.7 Å². The van der Waals surface area contributed by atoms with Crippen molar-refractivity contribution in [2.24, 2.45) is 0 Å². The van der Waals surface area contributed by atoms with Crippen molar-refractivity contribution in [3.05, 3.63) is 36.8 Å². The van der Waals surface area contributed by atoms with Gasteiger partial charge in [0.1, 0.15) is 5.82 Å². The zero-order valence-corrected chi connectivity index (χ0v) is 9.26. The molecule has 0 aliphatic heterocycles. The van der Waals surface area contributed by atoms with E-state index >= 15 is 0 Å². The largest absolute Gasteiger partial charge is 0.321 e. The Kier molecular flexibility index (Phi) is 2.18. The van der Waals surface area contributed by atoms with Crippen molar-refractivity contribution >= 4 is 17.2 Å². The molecule has 1 N–H and O–H groups in total. The number of aromatic nitrogens is 3. The van der Waals surface area contributed by atoms with Crippen LogP contribution in [0.25, 0.3) is 5.65 Å². The summed E-state index contributed by atoms with van der Waals surface area (Å²) in [6.07, 6.45) is 5.44. The van der Waals surface area contributed by atoms with Gasteiger partial charge in [0.15, 0.2) is 5.65 Å². The Labute approximate surface area is 98.2 Å². The first-order chi connectivity index (χ1) is 8.28. The molecule has 5 nitrogen and oxygen atoms in total. The fourth-order valence-electron chi connectivity index (χ4n) is 1.80. The maximum atomic E-state index is 11.2. The predicted octanol–water partition coefficient (Wildman–Crippen LogP) is 1.73. The molecule has 0 radical (unpaired) electrons. The highest BCUT2D eigenvalue weighted by Crippen LogP contribution is 2.39. The first kappa shape index (κ1) is 10.0. The lowest BCUT2D eigenvalue weighted by Gasteiger charge is -2.03. The molecule has 2 aromatic heterocycles. The highest BCUT2D eigenvalue weighted by Gasteiger charge is 2.28. The molecule has 0 atom stereocenters. The van der Waals surface area contributed by atoms with Gasteiger partial charge in [0, 0.05) is 12.1 Å². The third-order valence-corrected chi connectivity index (χ3v) is 2.82. The van der Waals surface area contributed by atoms with Crippen LogP contribution in [0.15, 0.2) is 31.0 Å². The number of fused-ring (bicyclic) bond motifs is 1. The molecule has 0 saturated heterocycles. The number of pyridine rings is 1. The summed E-state index contributed by atoms with van der Waals surface area (Å²) >= 11 is 0. The van der Waals surface area contributed by atoms with E-state index in [9.17, 15) is 4.79 Å². The van der Waals surface area contributed by atoms with E-state index in [2.05, 4.69) is 22.1 Å². The summed E-state index contributed by atoms with van der Waals surface area (Å²) in [5, 5.41) is 11.0. The Bertz CT molecular complexity index is 598. The van der Waals surface area contributed by atoms with E-state index in [0.717, 1.165) is 17.2 Å². The fourth-order valence-corrected chi connectivity index (χ4v) is 1.80. The molecule has 0 bridgehead atoms. The van der Waals surface area contributed by atoms with Crippen molar-refractivity contribution in [1.29, 1.82) is 0 Å². The van der Waals surface area contributed by atoms with Crippen molar-refractivity contribution < 1.29 is 4.79 Å². The van der Waals surface area contributed by atoms with Gasteiger partial charge in [-0.3, -0.25) is 9.20 Å². The summed E-state index contributed by atoms with van der Waals surface area (Å²) in [6, 6.07) is 3.65. The molecule has 0 spiro atoms. The first-order valence-corrected chi connectivity index (χ1v) is 5.56. The van der Waals surface area contributed by atoms with E-state index in [4.69, 9.17) is 0 Å². The molecular formula is C12H12N4O. The lowest BCUT2D eigenvalue weighted by Crippen LogP contribution is -2.08. The van der Waals surface area contributed by atoms with E-state index in [1.165, 1.54) is 18.9 Å². The van der Waals surface area contributed by atoms with Crippen molar-refractivity contribution in [3.8, 4) is 0 Å². The Morgan fingerprint density at radius 3 is 3.00 bits per heavy atom. The minimum atomic E-state index is -0.217. The number of amides is 1. The average Bonchev–Trinajstić information content (AvgIpc) is 3.10. The summed E-state index contributed by atoms with van der Waals surface area (Å²) in [6.45, 7) is 3.42. The maximum absolute atomic E-state index is 11.2. The number of hydrogen-bond acceptors (Lipinski definition) is 3. The highest BCUT2D eigenvalue weighted by atomic mass is 16.1. The second-order valence-corrected chi connectivity index (χ2v) is 4.17. The van der Waals surface area contributed by atoms with Crippen LogP contribution < -0.4 is 5.32 Å². The van der Waals surface area contributed by atoms with Crippen LogP contribution in [0, 0.1) is 0 Å². The lowest BCUT2D eigenvalue weighted by molar-refractivity contribution is -0.111. The number of carbonyl (C=O) groups excluding carboxylic acids is 1. The normalized spacial score (nSPS) is 14.8. The van der Waals surface area contributed by atoms with E-state index in [-0.39, 0.29) is 5.91 Å². The van der Waals surface area contributed by atoms with Gasteiger partial charge in [-0.05, 0) is 31.1 Å². The van der Waals surface area contributed by atoms with E-state index in [0.29, 0.717) is 5.92 Å². The van der Waals surface area contributed by atoms with Gasteiger partial charge in [0.05, 0.1) is 5.69 Å². The van der Waals surface area contributed by atoms with Gasteiger partial charge in [-0.15, -0.1) is 10.2 Å². The zero-order valence-electron chi connectivity index (χ0n) is 9.26. The average molecular weight is 228 g/mol. The van der Waals surface area contributed by atoms with Crippen molar-refractivity contribution in [3.63, 3.8) is 0 Å². The van der Waals surface area contributed by atoms with Gasteiger partial charge in [-0.2, -0.15) is 0 Å². The molecule has 5 heteroatoms. The zero-order chi connectivity index (χ0) is 11.8. The molecule has 2 heterocycles. The molecule has 1 fully saturated rings. The quantitative estimate of drug-likeness (QED) is 0.814. The second-order valence-electron chi connectivity index (χ2n) is 4.17. The number of nitrogens with one attached hydrogen (secondary N) is 1. The predicted molar refractivity (Wildman–Crippen MR) is 63.8 cm³/mol. The Balaban J connectivity index is 2.01. The van der Waals surface area contributed by atoms with Crippen LogP contribution in [-0.2, 0) is 4.79 Å². The smallest absolute Gasteiger partial charge is 0.247 e. The van der Waals surface area contributed by atoms with Gasteiger partial charge in [-0.1, -0.05) is 6.58 Å². The number of carbonyl (C=O) groups is 1. The molecule has 86 valence electrons. The molecular weight excluding hydrogens is 216 g/mol. The highest BCUT2D eigenvalue weighted by molar-refractivity contribution is 5.98. The third-order valence-electron chi connectivity index (χ3n) is 2.82. The van der Waals surface area contributed by atoms with Gasteiger partial charge in [-0.25, -0.2) is 0 Å². The molecule has 1 amide bonds. The fraction of sp³-hybridized carbons (Fsp3) is 0.250. The Morgan fingerprint density at radius 2 is 2.29 bits per heavy atom. The van der Waals surface area contributed by atoms with Gasteiger partial charge < -0.3 is 5.32 Å². The lowest BCUT2D eigenvalue weighted by atomic mass is 10.3. The second kappa shape index (κ2) is 3.69. The Morgan fingerprint density at radius 1 is 1.47 bits per heavy atom. The van der Waals surface area contributed by atoms with Crippen molar-refractivity contribution in [1.82, 2.24) is 14.6 Å². The number of hydrogen-bond donors (Lipinski definition) is 1. The summed E-state index contributed by atoms with van der Waals surface area (Å²) in [4.78, 5) is 11.2. The molecule has 0 unspecified atom stereocenters. The van der Waals surface area contributed by atoms with Crippen molar-refractivity contribution in [2.75, 3.05) is 5.32 Å². The Hall–Kier alpha value is -2.17. The minimum Gasteiger partial charge on any atom is -0.321 e. The molecule has 2 aromatic rings. The van der Waals surface area contributed by atoms with E-state index < -0.39 is 0 Å². The van der Waals surface area contributed by atoms with Gasteiger partial charge in [0.2, 0.25) is 5.91 Å². The summed E-state index contributed by atoms with van der Waals surface area (Å²) in [7, 11) is 0. The number of nitrogens with zero attached hydrogens (tertiary/aromatic N) is 3. The monoisotopic (exact) mass is 228 g/mol. The van der Waals surface area contributed by atoms with Crippen LogP contribution in [0.5, 0.6) is 0 Å². The first-order valence-electron chi connectivity index (χ1n) is 5.56. The van der Waals surface area contributed by atoms with Crippen LogP contribution in [-0.4, -0.2) is 20.5 Å². The van der Waals surface area contributed by atoms with Crippen LogP contribution in [0.1, 0.15) is 24.6 Å². The van der Waals surface area contributed by atoms with Crippen LogP contribution in [0.3, 0.4) is 0 Å². The van der Waals surface area contributed by atoms with Crippen LogP contribution in [0.2, 0.25) is 0 Å². The van der Waals surface area contributed by atoms with Crippen LogP contribution in [0.4, 0.5) is 5.69 Å². The van der Waals surface area contributed by atoms with Gasteiger partial charge in [0.25, 0.3) is 0 Å². The summed E-state index contributed by atoms with van der Waals surface area (Å²) in [5.74, 6) is 1.29. The van der Waals surface area contributed by atoms with Crippen molar-refractivity contribution in [2.45, 2.75) is 18.8 Å². The minimum absolute atomic E-state index is 0.217. The maximum Gasteiger partial charge on any atom is 0.247 e. The number of anilines is 1. The SMILES string of the molecule is C=CC(=O)Nc1ccc2nnc(C3CC3)n2c1. The molecule has 17 heavy (non-hydrogen) atoms. The van der Waals surface area contributed by atoms with Crippen LogP contribution >= 0.6 is 0 Å². The molecule has 1 aliphatic carbocycles. The molecule has 3 rings (SSSR count). The molecule has 1 saturated carbocycles. The number of rotatable bonds is 3. The summed E-state index contributed by atoms with van der Waals surface area (Å²) in [5.41, 5.74) is 1.53. The summed E-state index contributed by atoms with van der Waals surface area (Å²) < 4.78 is 1.94. The standard InChI is InChI=1S/C12H12N4O/c1-2-11(17)13-9-5-6-10-14-15-12(8-3-4-8)16(10)7-9/h2,5-8H,1,3-4H2,(H,13,17). The van der Waals surface area contributed by atoms with E-state index in [1.54, 1.807) is 0 Å². The molecule has 0 aromatic carbocycles. The molecule has 1 aliphatic rings. The van der Waals surface area contributed by atoms with Gasteiger partial charge >= 0.3 is 0 Å².